The number of carbonyl (C=O) groups is 2. The minimum atomic E-state index is -0.796. The Kier molecular flexibility index (Phi) is 5.75. The van der Waals surface area contributed by atoms with Gasteiger partial charge in [-0.15, -0.1) is 0 Å². The first-order chi connectivity index (χ1) is 8.55. The van der Waals surface area contributed by atoms with Gasteiger partial charge < -0.3 is 19.0 Å². The van der Waals surface area contributed by atoms with Gasteiger partial charge in [0.1, 0.15) is 6.29 Å². The zero-order valence-corrected chi connectivity index (χ0v) is 11.3. The van der Waals surface area contributed by atoms with Crippen LogP contribution in [0.2, 0.25) is 0 Å². The van der Waals surface area contributed by atoms with E-state index < -0.39 is 5.79 Å². The Morgan fingerprint density at radius 2 is 2.06 bits per heavy atom. The van der Waals surface area contributed by atoms with Crippen molar-refractivity contribution < 1.29 is 23.8 Å². The molecule has 104 valence electrons. The SMILES string of the molecule is CCOC(=O)C(C)C(CCC=O)C1(C)OCCO1. The largest absolute Gasteiger partial charge is 0.466 e. The molecule has 0 aromatic heterocycles. The zero-order chi connectivity index (χ0) is 13.6. The molecule has 0 spiro atoms. The summed E-state index contributed by atoms with van der Waals surface area (Å²) in [4.78, 5) is 22.4. The van der Waals surface area contributed by atoms with Crippen LogP contribution in [0, 0.1) is 11.8 Å². The predicted molar refractivity (Wildman–Crippen MR) is 64.9 cm³/mol. The molecule has 1 aliphatic heterocycles. The van der Waals surface area contributed by atoms with E-state index in [0.717, 1.165) is 6.29 Å². The molecule has 1 heterocycles. The highest BCUT2D eigenvalue weighted by Crippen LogP contribution is 2.36. The minimum absolute atomic E-state index is 0.177. The Labute approximate surface area is 108 Å². The quantitative estimate of drug-likeness (QED) is 0.512. The molecule has 2 unspecified atom stereocenters. The molecule has 18 heavy (non-hydrogen) atoms. The molecular weight excluding hydrogens is 236 g/mol. The molecule has 1 saturated heterocycles. The molecule has 5 heteroatoms. The fourth-order valence-corrected chi connectivity index (χ4v) is 2.40. The van der Waals surface area contributed by atoms with Crippen molar-refractivity contribution in [2.75, 3.05) is 19.8 Å². The summed E-state index contributed by atoms with van der Waals surface area (Å²) < 4.78 is 16.2. The summed E-state index contributed by atoms with van der Waals surface area (Å²) in [5.41, 5.74) is 0. The van der Waals surface area contributed by atoms with Crippen LogP contribution in [0.3, 0.4) is 0 Å². The van der Waals surface area contributed by atoms with Crippen molar-refractivity contribution in [3.8, 4) is 0 Å². The second kappa shape index (κ2) is 6.85. The fourth-order valence-electron chi connectivity index (χ4n) is 2.40. The van der Waals surface area contributed by atoms with Gasteiger partial charge in [0.2, 0.25) is 0 Å². The van der Waals surface area contributed by atoms with Gasteiger partial charge in [0.05, 0.1) is 25.7 Å². The lowest BCUT2D eigenvalue weighted by Gasteiger charge is -2.35. The van der Waals surface area contributed by atoms with Crippen molar-refractivity contribution in [3.63, 3.8) is 0 Å². The number of esters is 1. The van der Waals surface area contributed by atoms with Crippen molar-refractivity contribution in [1.29, 1.82) is 0 Å². The second-order valence-electron chi connectivity index (χ2n) is 4.60. The maximum Gasteiger partial charge on any atom is 0.309 e. The summed E-state index contributed by atoms with van der Waals surface area (Å²) in [5, 5.41) is 0. The van der Waals surface area contributed by atoms with Gasteiger partial charge in [0.15, 0.2) is 5.79 Å². The van der Waals surface area contributed by atoms with Gasteiger partial charge >= 0.3 is 5.97 Å². The average molecular weight is 258 g/mol. The van der Waals surface area contributed by atoms with E-state index in [2.05, 4.69) is 0 Å². The summed E-state index contributed by atoms with van der Waals surface area (Å²) in [6, 6.07) is 0. The summed E-state index contributed by atoms with van der Waals surface area (Å²) in [6.07, 6.45) is 1.79. The maximum atomic E-state index is 11.8. The van der Waals surface area contributed by atoms with E-state index in [4.69, 9.17) is 14.2 Å². The third-order valence-electron chi connectivity index (χ3n) is 3.39. The van der Waals surface area contributed by atoms with Crippen molar-refractivity contribution in [3.05, 3.63) is 0 Å². The Balaban J connectivity index is 2.76. The number of ether oxygens (including phenoxy) is 3. The molecule has 0 aromatic carbocycles. The van der Waals surface area contributed by atoms with Gasteiger partial charge in [0, 0.05) is 12.3 Å². The van der Waals surface area contributed by atoms with Crippen molar-refractivity contribution in [2.45, 2.75) is 39.4 Å². The van der Waals surface area contributed by atoms with Crippen LogP contribution < -0.4 is 0 Å². The summed E-state index contributed by atoms with van der Waals surface area (Å²) in [5.74, 6) is -1.60. The van der Waals surface area contributed by atoms with Crippen LogP contribution in [-0.4, -0.2) is 37.9 Å². The highest BCUT2D eigenvalue weighted by molar-refractivity contribution is 5.72. The summed E-state index contributed by atoms with van der Waals surface area (Å²) in [6.45, 7) is 6.78. The van der Waals surface area contributed by atoms with Gasteiger partial charge in [-0.1, -0.05) is 6.92 Å². The third-order valence-corrected chi connectivity index (χ3v) is 3.39. The molecule has 0 amide bonds. The maximum absolute atomic E-state index is 11.8. The van der Waals surface area contributed by atoms with Crippen molar-refractivity contribution >= 4 is 12.3 Å². The molecule has 0 N–H and O–H groups in total. The van der Waals surface area contributed by atoms with Gasteiger partial charge in [-0.2, -0.15) is 0 Å². The van der Waals surface area contributed by atoms with Crippen LogP contribution in [0.15, 0.2) is 0 Å². The van der Waals surface area contributed by atoms with E-state index in [1.807, 2.05) is 6.92 Å². The molecule has 0 aliphatic carbocycles. The van der Waals surface area contributed by atoms with Crippen LogP contribution >= 0.6 is 0 Å². The zero-order valence-electron chi connectivity index (χ0n) is 11.3. The molecule has 1 rings (SSSR count). The molecule has 0 bridgehead atoms. The third kappa shape index (κ3) is 3.53. The first kappa shape index (κ1) is 15.1. The van der Waals surface area contributed by atoms with Gasteiger partial charge in [0.25, 0.3) is 0 Å². The smallest absolute Gasteiger partial charge is 0.309 e. The van der Waals surface area contributed by atoms with Crippen LogP contribution in [0.1, 0.15) is 33.6 Å². The Bertz CT molecular complexity index is 283. The lowest BCUT2D eigenvalue weighted by molar-refractivity contribution is -0.201. The first-order valence-electron chi connectivity index (χ1n) is 6.43. The minimum Gasteiger partial charge on any atom is -0.466 e. The highest BCUT2D eigenvalue weighted by atomic mass is 16.7. The molecule has 2 atom stereocenters. The topological polar surface area (TPSA) is 61.8 Å². The van der Waals surface area contributed by atoms with Gasteiger partial charge in [-0.3, -0.25) is 4.79 Å². The lowest BCUT2D eigenvalue weighted by Crippen LogP contribution is -2.42. The standard InChI is InChI=1S/C13H22O5/c1-4-16-12(15)10(2)11(6-5-7-14)13(3)17-8-9-18-13/h7,10-11H,4-6,8-9H2,1-3H3. The molecule has 1 aliphatic rings. The summed E-state index contributed by atoms with van der Waals surface area (Å²) in [7, 11) is 0. The molecule has 5 nitrogen and oxygen atoms in total. The lowest BCUT2D eigenvalue weighted by atomic mass is 9.83. The number of aldehydes is 1. The predicted octanol–water partition coefficient (Wildman–Crippen LogP) is 1.54. The summed E-state index contributed by atoms with van der Waals surface area (Å²) >= 11 is 0. The number of hydrogen-bond donors (Lipinski definition) is 0. The fraction of sp³-hybridized carbons (Fsp3) is 0.846. The van der Waals surface area contributed by atoms with E-state index in [-0.39, 0.29) is 17.8 Å². The second-order valence-corrected chi connectivity index (χ2v) is 4.60. The number of carbonyl (C=O) groups excluding carboxylic acids is 2. The van der Waals surface area contributed by atoms with Crippen LogP contribution in [0.25, 0.3) is 0 Å². The van der Waals surface area contributed by atoms with E-state index in [9.17, 15) is 9.59 Å². The van der Waals surface area contributed by atoms with Gasteiger partial charge in [-0.25, -0.2) is 0 Å². The Morgan fingerprint density at radius 3 is 2.56 bits per heavy atom. The Hall–Kier alpha value is -0.940. The van der Waals surface area contributed by atoms with E-state index in [1.54, 1.807) is 13.8 Å². The Morgan fingerprint density at radius 1 is 1.44 bits per heavy atom. The highest BCUT2D eigenvalue weighted by Gasteiger charge is 2.44. The van der Waals surface area contributed by atoms with Crippen LogP contribution in [-0.2, 0) is 23.8 Å². The average Bonchev–Trinajstić information content (AvgIpc) is 2.77. The number of rotatable bonds is 7. The normalized spacial score (nSPS) is 21.3. The van der Waals surface area contributed by atoms with Crippen molar-refractivity contribution in [2.24, 2.45) is 11.8 Å². The van der Waals surface area contributed by atoms with Crippen LogP contribution in [0.4, 0.5) is 0 Å². The monoisotopic (exact) mass is 258 g/mol. The molecule has 0 saturated carbocycles. The van der Waals surface area contributed by atoms with E-state index in [0.29, 0.717) is 32.7 Å². The van der Waals surface area contributed by atoms with Crippen molar-refractivity contribution in [1.82, 2.24) is 0 Å². The van der Waals surface area contributed by atoms with E-state index >= 15 is 0 Å². The van der Waals surface area contributed by atoms with E-state index in [1.165, 1.54) is 0 Å². The van der Waals surface area contributed by atoms with Gasteiger partial charge in [-0.05, 0) is 20.3 Å². The molecular formula is C13H22O5. The first-order valence-corrected chi connectivity index (χ1v) is 6.43. The van der Waals surface area contributed by atoms with Crippen LogP contribution in [0.5, 0.6) is 0 Å². The molecule has 1 fully saturated rings. The molecule has 0 aromatic rings. The number of hydrogen-bond acceptors (Lipinski definition) is 5. The molecule has 0 radical (unpaired) electrons.